The van der Waals surface area contributed by atoms with Crippen molar-refractivity contribution in [2.24, 2.45) is 11.5 Å². The Morgan fingerprint density at radius 3 is 2.56 bits per heavy atom. The maximum absolute atomic E-state index is 8.72. The van der Waals surface area contributed by atoms with Gasteiger partial charge in [-0.15, -0.1) is 0 Å². The Kier molecular flexibility index (Phi) is 4.61. The first-order valence-corrected chi connectivity index (χ1v) is 3.05. The van der Waals surface area contributed by atoms with Gasteiger partial charge in [-0.05, 0) is 6.92 Å². The number of nitrogens with one attached hydrogen (secondary N) is 1. The maximum Gasteiger partial charge on any atom is 0.117 e. The minimum atomic E-state index is -0.795. The Bertz CT molecular complexity index is 67.2. The van der Waals surface area contributed by atoms with Crippen LogP contribution in [0.2, 0.25) is 0 Å². The van der Waals surface area contributed by atoms with Crippen molar-refractivity contribution < 1.29 is 5.11 Å². The second-order valence-corrected chi connectivity index (χ2v) is 2.02. The molecule has 0 amide bonds. The third-order valence-electron chi connectivity index (χ3n) is 1.12. The average molecular weight is 133 g/mol. The standard InChI is InChI=1S/C5H15N3O/c1-4(5(7)9)8-3-2-6/h4-5,8-9H,2-3,6-7H2,1H3. The minimum Gasteiger partial charge on any atom is -0.377 e. The average Bonchev–Trinajstić information content (AvgIpc) is 1.82. The van der Waals surface area contributed by atoms with Crippen LogP contribution in [0.1, 0.15) is 6.92 Å². The molecule has 0 aliphatic carbocycles. The van der Waals surface area contributed by atoms with Crippen LogP contribution in [0.3, 0.4) is 0 Å². The van der Waals surface area contributed by atoms with Gasteiger partial charge in [0.05, 0.1) is 0 Å². The Labute approximate surface area is 55.2 Å². The van der Waals surface area contributed by atoms with E-state index in [-0.39, 0.29) is 6.04 Å². The van der Waals surface area contributed by atoms with Gasteiger partial charge in [0.15, 0.2) is 0 Å². The van der Waals surface area contributed by atoms with Gasteiger partial charge in [-0.3, -0.25) is 0 Å². The normalized spacial score (nSPS) is 17.3. The molecule has 2 atom stereocenters. The molecule has 0 aliphatic heterocycles. The lowest BCUT2D eigenvalue weighted by Gasteiger charge is -2.14. The van der Waals surface area contributed by atoms with Gasteiger partial charge in [0.25, 0.3) is 0 Å². The molecule has 0 aromatic rings. The summed E-state index contributed by atoms with van der Waals surface area (Å²) in [6.45, 7) is 3.06. The summed E-state index contributed by atoms with van der Waals surface area (Å²) in [6.07, 6.45) is -0.795. The third-order valence-corrected chi connectivity index (χ3v) is 1.12. The van der Waals surface area contributed by atoms with Crippen LogP contribution in [0.5, 0.6) is 0 Å². The van der Waals surface area contributed by atoms with Crippen molar-refractivity contribution in [2.45, 2.75) is 19.2 Å². The van der Waals surface area contributed by atoms with Crippen LogP contribution >= 0.6 is 0 Å². The molecule has 0 heterocycles. The zero-order chi connectivity index (χ0) is 7.28. The van der Waals surface area contributed by atoms with E-state index in [2.05, 4.69) is 5.32 Å². The van der Waals surface area contributed by atoms with Gasteiger partial charge >= 0.3 is 0 Å². The molecule has 0 saturated heterocycles. The molecule has 0 radical (unpaired) electrons. The van der Waals surface area contributed by atoms with Crippen molar-refractivity contribution in [1.29, 1.82) is 0 Å². The van der Waals surface area contributed by atoms with E-state index in [1.54, 1.807) is 6.92 Å². The van der Waals surface area contributed by atoms with Gasteiger partial charge in [0.2, 0.25) is 0 Å². The van der Waals surface area contributed by atoms with E-state index < -0.39 is 6.23 Å². The molecule has 0 aliphatic rings. The quantitative estimate of drug-likeness (QED) is 0.341. The SMILES string of the molecule is CC(NCCN)C(N)O. The molecule has 0 fully saturated rings. The van der Waals surface area contributed by atoms with Crippen LogP contribution in [-0.4, -0.2) is 30.5 Å². The van der Waals surface area contributed by atoms with Gasteiger partial charge in [-0.25, -0.2) is 0 Å². The van der Waals surface area contributed by atoms with Gasteiger partial charge in [-0.1, -0.05) is 0 Å². The fraction of sp³-hybridized carbons (Fsp3) is 1.00. The van der Waals surface area contributed by atoms with Crippen molar-refractivity contribution in [3.05, 3.63) is 0 Å². The second kappa shape index (κ2) is 4.69. The van der Waals surface area contributed by atoms with Crippen LogP contribution < -0.4 is 16.8 Å². The fourth-order valence-electron chi connectivity index (χ4n) is 0.432. The molecular weight excluding hydrogens is 118 g/mol. The predicted octanol–water partition coefficient (Wildman–Crippen LogP) is -1.80. The topological polar surface area (TPSA) is 84.3 Å². The van der Waals surface area contributed by atoms with E-state index in [1.807, 2.05) is 0 Å². The zero-order valence-corrected chi connectivity index (χ0v) is 5.67. The van der Waals surface area contributed by atoms with Gasteiger partial charge in [0, 0.05) is 19.1 Å². The second-order valence-electron chi connectivity index (χ2n) is 2.02. The molecule has 0 rings (SSSR count). The lowest BCUT2D eigenvalue weighted by Crippen LogP contribution is -2.44. The monoisotopic (exact) mass is 133 g/mol. The number of rotatable bonds is 4. The summed E-state index contributed by atoms with van der Waals surface area (Å²) in [7, 11) is 0. The van der Waals surface area contributed by atoms with Crippen molar-refractivity contribution in [1.82, 2.24) is 5.32 Å². The Morgan fingerprint density at radius 1 is 1.67 bits per heavy atom. The number of hydrogen-bond donors (Lipinski definition) is 4. The molecule has 2 unspecified atom stereocenters. The number of aliphatic hydroxyl groups excluding tert-OH is 1. The number of nitrogens with two attached hydrogens (primary N) is 2. The molecule has 0 aromatic heterocycles. The molecular formula is C5H15N3O. The van der Waals surface area contributed by atoms with Crippen LogP contribution in [0.25, 0.3) is 0 Å². The highest BCUT2D eigenvalue weighted by Gasteiger charge is 2.05. The van der Waals surface area contributed by atoms with Crippen LogP contribution in [0.15, 0.2) is 0 Å². The Morgan fingerprint density at radius 2 is 2.22 bits per heavy atom. The maximum atomic E-state index is 8.72. The highest BCUT2D eigenvalue weighted by Crippen LogP contribution is 1.81. The largest absolute Gasteiger partial charge is 0.377 e. The Hall–Kier alpha value is -0.160. The smallest absolute Gasteiger partial charge is 0.117 e. The summed E-state index contributed by atoms with van der Waals surface area (Å²) < 4.78 is 0. The Balaban J connectivity index is 3.16. The zero-order valence-electron chi connectivity index (χ0n) is 5.67. The van der Waals surface area contributed by atoms with E-state index in [0.29, 0.717) is 13.1 Å². The van der Waals surface area contributed by atoms with Gasteiger partial charge in [0.1, 0.15) is 6.23 Å². The fourth-order valence-corrected chi connectivity index (χ4v) is 0.432. The molecule has 0 aromatic carbocycles. The summed E-state index contributed by atoms with van der Waals surface area (Å²) in [4.78, 5) is 0. The molecule has 0 bridgehead atoms. The van der Waals surface area contributed by atoms with Gasteiger partial charge in [-0.2, -0.15) is 0 Å². The lowest BCUT2D eigenvalue weighted by molar-refractivity contribution is 0.142. The minimum absolute atomic E-state index is 0.0754. The van der Waals surface area contributed by atoms with E-state index in [4.69, 9.17) is 16.6 Å². The first-order valence-electron chi connectivity index (χ1n) is 3.05. The molecule has 6 N–H and O–H groups in total. The lowest BCUT2D eigenvalue weighted by atomic mass is 10.3. The number of hydrogen-bond acceptors (Lipinski definition) is 4. The highest BCUT2D eigenvalue weighted by atomic mass is 16.3. The van der Waals surface area contributed by atoms with E-state index in [0.717, 1.165) is 0 Å². The van der Waals surface area contributed by atoms with Crippen molar-refractivity contribution in [3.8, 4) is 0 Å². The van der Waals surface area contributed by atoms with Crippen molar-refractivity contribution in [2.75, 3.05) is 13.1 Å². The molecule has 4 nitrogen and oxygen atoms in total. The summed E-state index contributed by atoms with van der Waals surface area (Å²) in [5.41, 5.74) is 10.3. The van der Waals surface area contributed by atoms with Gasteiger partial charge < -0.3 is 21.9 Å². The summed E-state index contributed by atoms with van der Waals surface area (Å²) in [5, 5.41) is 11.7. The van der Waals surface area contributed by atoms with Crippen molar-refractivity contribution >= 4 is 0 Å². The van der Waals surface area contributed by atoms with Crippen molar-refractivity contribution in [3.63, 3.8) is 0 Å². The molecule has 4 heteroatoms. The summed E-state index contributed by atoms with van der Waals surface area (Å²) in [5.74, 6) is 0. The predicted molar refractivity (Wildman–Crippen MR) is 36.7 cm³/mol. The third kappa shape index (κ3) is 4.35. The first-order chi connectivity index (χ1) is 4.18. The van der Waals surface area contributed by atoms with E-state index in [9.17, 15) is 0 Å². The molecule has 0 spiro atoms. The highest BCUT2D eigenvalue weighted by molar-refractivity contribution is 4.64. The van der Waals surface area contributed by atoms with E-state index >= 15 is 0 Å². The van der Waals surface area contributed by atoms with E-state index in [1.165, 1.54) is 0 Å². The molecule has 0 saturated carbocycles. The summed E-state index contributed by atoms with van der Waals surface area (Å²) in [6, 6.07) is -0.0754. The number of aliphatic hydroxyl groups is 1. The van der Waals surface area contributed by atoms with Crippen LogP contribution in [0.4, 0.5) is 0 Å². The van der Waals surface area contributed by atoms with Crippen LogP contribution in [-0.2, 0) is 0 Å². The van der Waals surface area contributed by atoms with Crippen LogP contribution in [0, 0.1) is 0 Å². The summed E-state index contributed by atoms with van der Waals surface area (Å²) >= 11 is 0. The first kappa shape index (κ1) is 8.84. The molecule has 56 valence electrons. The molecule has 9 heavy (non-hydrogen) atoms.